The molecule has 6 nitrogen and oxygen atoms in total. The third-order valence-corrected chi connectivity index (χ3v) is 6.58. The maximum absolute atomic E-state index is 5.38. The van der Waals surface area contributed by atoms with Crippen LogP contribution in [-0.4, -0.2) is 42.5 Å². The molecular weight excluding hydrogens is 386 g/mol. The van der Waals surface area contributed by atoms with Crippen LogP contribution < -0.4 is 10.6 Å². The minimum Gasteiger partial charge on any atom is -0.385 e. The summed E-state index contributed by atoms with van der Waals surface area (Å²) >= 11 is 0. The van der Waals surface area contributed by atoms with E-state index in [1.807, 2.05) is 6.07 Å². The monoisotopic (exact) mass is 425 g/mol. The number of aryl methyl sites for hydroxylation is 1. The highest BCUT2D eigenvalue weighted by atomic mass is 16.5. The van der Waals surface area contributed by atoms with E-state index >= 15 is 0 Å². The lowest BCUT2D eigenvalue weighted by atomic mass is 9.83. The number of methoxy groups -OCH3 is 1. The van der Waals surface area contributed by atoms with Gasteiger partial charge < -0.3 is 15.4 Å². The normalized spacial score (nSPS) is 15.9. The molecule has 0 unspecified atom stereocenters. The molecule has 1 heterocycles. The van der Waals surface area contributed by atoms with Gasteiger partial charge in [0.1, 0.15) is 0 Å². The van der Waals surface area contributed by atoms with Gasteiger partial charge in [-0.15, -0.1) is 0 Å². The first kappa shape index (κ1) is 23.3. The smallest absolute Gasteiger partial charge is 0.191 e. The molecule has 1 aliphatic carbocycles. The maximum atomic E-state index is 5.38. The fourth-order valence-electron chi connectivity index (χ4n) is 4.60. The predicted octanol–water partition coefficient (Wildman–Crippen LogP) is 4.20. The van der Waals surface area contributed by atoms with Gasteiger partial charge in [0.15, 0.2) is 5.96 Å². The van der Waals surface area contributed by atoms with Crippen LogP contribution in [0.1, 0.15) is 61.5 Å². The lowest BCUT2D eigenvalue weighted by Crippen LogP contribution is -2.43. The summed E-state index contributed by atoms with van der Waals surface area (Å²) in [7, 11) is 1.80. The standard InChI is InChI=1S/C25H39N5O/c1-5-26-24(28-19-25(15-16-31-4)13-9-10-14-25)27-17-23-20(2)29-30(21(23)3)18-22-11-7-6-8-12-22/h6-8,11-12H,5,9-10,13-19H2,1-4H3,(H2,26,27,28). The maximum Gasteiger partial charge on any atom is 0.191 e. The molecule has 0 amide bonds. The summed E-state index contributed by atoms with van der Waals surface area (Å²) in [6, 6.07) is 10.5. The van der Waals surface area contributed by atoms with Crippen LogP contribution >= 0.6 is 0 Å². The van der Waals surface area contributed by atoms with Crippen molar-refractivity contribution in [3.8, 4) is 0 Å². The van der Waals surface area contributed by atoms with Crippen LogP contribution in [0, 0.1) is 19.3 Å². The molecule has 0 radical (unpaired) electrons. The molecule has 1 aromatic carbocycles. The number of ether oxygens (including phenoxy) is 1. The second-order valence-corrected chi connectivity index (χ2v) is 8.79. The van der Waals surface area contributed by atoms with Crippen molar-refractivity contribution < 1.29 is 4.74 Å². The molecule has 0 saturated heterocycles. The summed E-state index contributed by atoms with van der Waals surface area (Å²) in [6.07, 6.45) is 6.29. The summed E-state index contributed by atoms with van der Waals surface area (Å²) in [5.74, 6) is 0.890. The Morgan fingerprint density at radius 3 is 2.58 bits per heavy atom. The van der Waals surface area contributed by atoms with E-state index in [1.165, 1.54) is 42.5 Å². The number of rotatable bonds is 10. The summed E-state index contributed by atoms with van der Waals surface area (Å²) in [6.45, 7) is 10.4. The number of nitrogens with one attached hydrogen (secondary N) is 2. The van der Waals surface area contributed by atoms with E-state index in [-0.39, 0.29) is 0 Å². The zero-order valence-corrected chi connectivity index (χ0v) is 19.7. The lowest BCUT2D eigenvalue weighted by molar-refractivity contribution is 0.138. The molecule has 31 heavy (non-hydrogen) atoms. The first-order valence-electron chi connectivity index (χ1n) is 11.6. The number of benzene rings is 1. The second kappa shape index (κ2) is 11.3. The summed E-state index contributed by atoms with van der Waals surface area (Å²) in [5, 5.41) is 11.8. The first-order valence-corrected chi connectivity index (χ1v) is 11.6. The molecule has 0 atom stereocenters. The van der Waals surface area contributed by atoms with Crippen LogP contribution in [0.5, 0.6) is 0 Å². The zero-order chi connectivity index (χ0) is 22.1. The van der Waals surface area contributed by atoms with Gasteiger partial charge in [-0.2, -0.15) is 5.10 Å². The highest BCUT2D eigenvalue weighted by molar-refractivity contribution is 5.79. The lowest BCUT2D eigenvalue weighted by Gasteiger charge is -2.30. The number of nitrogens with zero attached hydrogens (tertiary/aromatic N) is 3. The van der Waals surface area contributed by atoms with Crippen LogP contribution in [0.3, 0.4) is 0 Å². The quantitative estimate of drug-likeness (QED) is 0.442. The molecule has 1 aliphatic rings. The van der Waals surface area contributed by atoms with Gasteiger partial charge in [-0.25, -0.2) is 4.99 Å². The molecule has 0 bridgehead atoms. The van der Waals surface area contributed by atoms with Gasteiger partial charge >= 0.3 is 0 Å². The van der Waals surface area contributed by atoms with Crippen LogP contribution in [0.25, 0.3) is 0 Å². The Labute approximate surface area is 187 Å². The Hall–Kier alpha value is -2.34. The third-order valence-electron chi connectivity index (χ3n) is 6.58. The van der Waals surface area contributed by atoms with Gasteiger partial charge in [0.25, 0.3) is 0 Å². The summed E-state index contributed by atoms with van der Waals surface area (Å²) in [5.41, 5.74) is 5.05. The van der Waals surface area contributed by atoms with Crippen molar-refractivity contribution in [2.45, 2.75) is 66.0 Å². The van der Waals surface area contributed by atoms with E-state index in [0.717, 1.165) is 44.3 Å². The van der Waals surface area contributed by atoms with E-state index < -0.39 is 0 Å². The van der Waals surface area contributed by atoms with Crippen LogP contribution in [-0.2, 0) is 17.8 Å². The molecule has 0 spiro atoms. The van der Waals surface area contributed by atoms with E-state index in [9.17, 15) is 0 Å². The van der Waals surface area contributed by atoms with Crippen molar-refractivity contribution >= 4 is 5.96 Å². The van der Waals surface area contributed by atoms with Crippen molar-refractivity contribution in [2.75, 3.05) is 26.8 Å². The fraction of sp³-hybridized carbons (Fsp3) is 0.600. The second-order valence-electron chi connectivity index (χ2n) is 8.79. The number of guanidine groups is 1. The number of hydrogen-bond acceptors (Lipinski definition) is 3. The molecule has 1 fully saturated rings. The highest BCUT2D eigenvalue weighted by Crippen LogP contribution is 2.40. The van der Waals surface area contributed by atoms with Gasteiger partial charge in [-0.05, 0) is 51.0 Å². The largest absolute Gasteiger partial charge is 0.385 e. The summed E-state index contributed by atoms with van der Waals surface area (Å²) < 4.78 is 7.47. The number of hydrogen-bond donors (Lipinski definition) is 2. The van der Waals surface area contributed by atoms with E-state index in [2.05, 4.69) is 60.4 Å². The van der Waals surface area contributed by atoms with E-state index in [0.29, 0.717) is 12.0 Å². The molecule has 3 rings (SSSR count). The Kier molecular flexibility index (Phi) is 8.52. The molecule has 2 aromatic rings. The van der Waals surface area contributed by atoms with Crippen molar-refractivity contribution in [1.82, 2.24) is 20.4 Å². The number of aromatic nitrogens is 2. The molecule has 1 aromatic heterocycles. The SMILES string of the molecule is CCNC(=NCc1c(C)nn(Cc2ccccc2)c1C)NCC1(CCOC)CCCC1. The van der Waals surface area contributed by atoms with Crippen LogP contribution in [0.2, 0.25) is 0 Å². The van der Waals surface area contributed by atoms with Crippen molar-refractivity contribution in [1.29, 1.82) is 0 Å². The number of aliphatic imine (C=N–C) groups is 1. The van der Waals surface area contributed by atoms with Crippen LogP contribution in [0.4, 0.5) is 0 Å². The Morgan fingerprint density at radius 2 is 1.90 bits per heavy atom. The molecule has 0 aliphatic heterocycles. The minimum atomic E-state index is 0.332. The van der Waals surface area contributed by atoms with Gasteiger partial charge in [0, 0.05) is 38.1 Å². The van der Waals surface area contributed by atoms with Gasteiger partial charge in [-0.1, -0.05) is 43.2 Å². The molecular formula is C25H39N5O. The molecule has 6 heteroatoms. The Bertz CT molecular complexity index is 837. The van der Waals surface area contributed by atoms with Gasteiger partial charge in [0.2, 0.25) is 0 Å². The Morgan fingerprint density at radius 1 is 1.16 bits per heavy atom. The van der Waals surface area contributed by atoms with Gasteiger partial charge in [0.05, 0.1) is 18.8 Å². The topological polar surface area (TPSA) is 63.5 Å². The third kappa shape index (κ3) is 6.33. The molecule has 2 N–H and O–H groups in total. The fourth-order valence-corrected chi connectivity index (χ4v) is 4.60. The van der Waals surface area contributed by atoms with Crippen molar-refractivity contribution in [3.05, 3.63) is 52.8 Å². The predicted molar refractivity (Wildman–Crippen MR) is 127 cm³/mol. The molecule has 170 valence electrons. The van der Waals surface area contributed by atoms with E-state index in [1.54, 1.807) is 7.11 Å². The van der Waals surface area contributed by atoms with Crippen LogP contribution in [0.15, 0.2) is 35.3 Å². The average Bonchev–Trinajstić information content (AvgIpc) is 3.35. The van der Waals surface area contributed by atoms with Gasteiger partial charge in [-0.3, -0.25) is 4.68 Å². The minimum absolute atomic E-state index is 0.332. The van der Waals surface area contributed by atoms with E-state index in [4.69, 9.17) is 14.8 Å². The first-order chi connectivity index (χ1) is 15.1. The average molecular weight is 426 g/mol. The van der Waals surface area contributed by atoms with Crippen molar-refractivity contribution in [2.24, 2.45) is 10.4 Å². The summed E-state index contributed by atoms with van der Waals surface area (Å²) in [4.78, 5) is 4.91. The molecule has 1 saturated carbocycles. The Balaban J connectivity index is 1.67. The highest BCUT2D eigenvalue weighted by Gasteiger charge is 2.33. The zero-order valence-electron chi connectivity index (χ0n) is 19.7. The van der Waals surface area contributed by atoms with Crippen molar-refractivity contribution in [3.63, 3.8) is 0 Å².